The summed E-state index contributed by atoms with van der Waals surface area (Å²) in [4.78, 5) is 9.17. The Kier molecular flexibility index (Phi) is 7.55. The van der Waals surface area contributed by atoms with E-state index in [1.807, 2.05) is 24.4 Å². The molecule has 1 N–H and O–H groups in total. The van der Waals surface area contributed by atoms with E-state index in [1.165, 1.54) is 18.2 Å². The van der Waals surface area contributed by atoms with Crippen LogP contribution >= 0.6 is 12.4 Å². The van der Waals surface area contributed by atoms with Gasteiger partial charge in [-0.2, -0.15) is 5.10 Å². The summed E-state index contributed by atoms with van der Waals surface area (Å²) in [7, 11) is 0. The summed E-state index contributed by atoms with van der Waals surface area (Å²) in [5.74, 6) is -0.488. The maximum absolute atomic E-state index is 14.4. The van der Waals surface area contributed by atoms with Gasteiger partial charge in [-0.05, 0) is 42.0 Å². The van der Waals surface area contributed by atoms with Gasteiger partial charge in [-0.3, -0.25) is 15.0 Å². The summed E-state index contributed by atoms with van der Waals surface area (Å²) in [5.41, 5.74) is 5.42. The fraction of sp³-hybridized carbons (Fsp3) is 0.231. The Balaban J connectivity index is 0.00000274. The van der Waals surface area contributed by atoms with Crippen LogP contribution in [0, 0.1) is 11.6 Å². The predicted octanol–water partition coefficient (Wildman–Crippen LogP) is 5.08. The number of anilines is 1. The van der Waals surface area contributed by atoms with E-state index >= 15 is 0 Å². The summed E-state index contributed by atoms with van der Waals surface area (Å²) in [6.07, 6.45) is 4.28. The van der Waals surface area contributed by atoms with Crippen molar-refractivity contribution in [3.05, 3.63) is 102 Å². The van der Waals surface area contributed by atoms with Crippen LogP contribution in [0.4, 0.5) is 14.5 Å². The highest BCUT2D eigenvalue weighted by molar-refractivity contribution is 5.85. The molecule has 1 aliphatic heterocycles. The van der Waals surface area contributed by atoms with Crippen molar-refractivity contribution in [1.29, 1.82) is 0 Å². The number of H-pyrrole nitrogens is 1. The van der Waals surface area contributed by atoms with E-state index in [2.05, 4.69) is 25.0 Å². The standard InChI is InChI=1S/C26H25F2N5.ClH/c27-21-9-7-19(8-10-21)16-24-20(17-30-31-24)18-32-12-14-33(15-13-32)25-6-3-11-29-26(25)22-4-1-2-5-23(22)28;/h1-11,17H,12-16,18H2,(H,30,31);1H. The molecule has 0 saturated carbocycles. The number of pyridine rings is 1. The second kappa shape index (κ2) is 10.8. The number of nitrogens with one attached hydrogen (secondary N) is 1. The Hall–Kier alpha value is -3.29. The number of piperazine rings is 1. The molecule has 0 spiro atoms. The Morgan fingerprint density at radius 1 is 0.882 bits per heavy atom. The highest BCUT2D eigenvalue weighted by Crippen LogP contribution is 2.31. The monoisotopic (exact) mass is 481 g/mol. The third-order valence-electron chi connectivity index (χ3n) is 6.12. The Bertz CT molecular complexity index is 1220. The van der Waals surface area contributed by atoms with Crippen molar-refractivity contribution < 1.29 is 8.78 Å². The Labute approximate surface area is 203 Å². The maximum atomic E-state index is 14.4. The quantitative estimate of drug-likeness (QED) is 0.417. The van der Waals surface area contributed by atoms with Gasteiger partial charge >= 0.3 is 0 Å². The number of aromatic nitrogens is 3. The zero-order valence-electron chi connectivity index (χ0n) is 18.6. The molecule has 4 aromatic rings. The molecule has 2 aromatic heterocycles. The van der Waals surface area contributed by atoms with E-state index in [-0.39, 0.29) is 24.0 Å². The van der Waals surface area contributed by atoms with E-state index < -0.39 is 0 Å². The molecular weight excluding hydrogens is 456 g/mol. The van der Waals surface area contributed by atoms with Gasteiger partial charge in [0.05, 0.1) is 17.6 Å². The molecule has 5 nitrogen and oxygen atoms in total. The van der Waals surface area contributed by atoms with Crippen molar-refractivity contribution in [3.63, 3.8) is 0 Å². The summed E-state index contributed by atoms with van der Waals surface area (Å²) in [5, 5.41) is 7.34. The van der Waals surface area contributed by atoms with Crippen LogP contribution in [0.15, 0.2) is 73.1 Å². The molecule has 176 valence electrons. The number of halogens is 3. The third-order valence-corrected chi connectivity index (χ3v) is 6.12. The van der Waals surface area contributed by atoms with Gasteiger partial charge in [-0.1, -0.05) is 24.3 Å². The molecule has 0 unspecified atom stereocenters. The first-order valence-corrected chi connectivity index (χ1v) is 11.1. The molecule has 34 heavy (non-hydrogen) atoms. The fourth-order valence-corrected chi connectivity index (χ4v) is 4.33. The molecule has 8 heteroatoms. The van der Waals surface area contributed by atoms with Crippen molar-refractivity contribution in [2.24, 2.45) is 0 Å². The SMILES string of the molecule is Cl.Fc1ccc(Cc2[nH]ncc2CN2CCN(c3cccnc3-c3ccccc3F)CC2)cc1. The molecular formula is C26H26ClF2N5. The minimum atomic E-state index is -0.260. The van der Waals surface area contributed by atoms with Crippen LogP contribution in [0.2, 0.25) is 0 Å². The van der Waals surface area contributed by atoms with Crippen molar-refractivity contribution >= 4 is 18.1 Å². The predicted molar refractivity (Wildman–Crippen MR) is 132 cm³/mol. The first kappa shape index (κ1) is 23.9. The van der Waals surface area contributed by atoms with Crippen molar-refractivity contribution in [1.82, 2.24) is 20.1 Å². The fourth-order valence-electron chi connectivity index (χ4n) is 4.33. The lowest BCUT2D eigenvalue weighted by Crippen LogP contribution is -2.46. The van der Waals surface area contributed by atoms with Crippen LogP contribution in [-0.2, 0) is 13.0 Å². The van der Waals surface area contributed by atoms with Gasteiger partial charge in [-0.15, -0.1) is 12.4 Å². The van der Waals surface area contributed by atoms with Gasteiger partial charge in [0.2, 0.25) is 0 Å². The van der Waals surface area contributed by atoms with Gasteiger partial charge in [-0.25, -0.2) is 8.78 Å². The molecule has 0 bridgehead atoms. The Morgan fingerprint density at radius 2 is 1.65 bits per heavy atom. The van der Waals surface area contributed by atoms with E-state index in [4.69, 9.17) is 0 Å². The normalized spacial score (nSPS) is 14.1. The van der Waals surface area contributed by atoms with Gasteiger partial charge in [0.15, 0.2) is 0 Å². The zero-order chi connectivity index (χ0) is 22.6. The average molecular weight is 482 g/mol. The number of benzene rings is 2. The molecule has 1 fully saturated rings. The number of aromatic amines is 1. The molecule has 0 radical (unpaired) electrons. The van der Waals surface area contributed by atoms with Crippen LogP contribution in [0.5, 0.6) is 0 Å². The summed E-state index contributed by atoms with van der Waals surface area (Å²) in [6, 6.07) is 17.3. The van der Waals surface area contributed by atoms with Gasteiger partial charge in [0.25, 0.3) is 0 Å². The molecule has 0 aliphatic carbocycles. The van der Waals surface area contributed by atoms with Crippen molar-refractivity contribution in [2.45, 2.75) is 13.0 Å². The largest absolute Gasteiger partial charge is 0.367 e. The molecule has 0 amide bonds. The molecule has 1 aliphatic rings. The van der Waals surface area contributed by atoms with Crippen molar-refractivity contribution in [2.75, 3.05) is 31.1 Å². The highest BCUT2D eigenvalue weighted by atomic mass is 35.5. The molecule has 2 aromatic carbocycles. The minimum absolute atomic E-state index is 0. The maximum Gasteiger partial charge on any atom is 0.132 e. The number of nitrogens with zero attached hydrogens (tertiary/aromatic N) is 4. The lowest BCUT2D eigenvalue weighted by Gasteiger charge is -2.36. The highest BCUT2D eigenvalue weighted by Gasteiger charge is 2.22. The van der Waals surface area contributed by atoms with Gasteiger partial charge in [0.1, 0.15) is 11.6 Å². The second-order valence-corrected chi connectivity index (χ2v) is 8.29. The van der Waals surface area contributed by atoms with Crippen LogP contribution in [-0.4, -0.2) is 46.3 Å². The zero-order valence-corrected chi connectivity index (χ0v) is 19.4. The van der Waals surface area contributed by atoms with Crippen molar-refractivity contribution in [3.8, 4) is 11.3 Å². The smallest absolute Gasteiger partial charge is 0.132 e. The van der Waals surface area contributed by atoms with Crippen LogP contribution in [0.25, 0.3) is 11.3 Å². The summed E-state index contributed by atoms with van der Waals surface area (Å²) >= 11 is 0. The van der Waals surface area contributed by atoms with Crippen LogP contribution in [0.3, 0.4) is 0 Å². The average Bonchev–Trinajstić information content (AvgIpc) is 3.28. The van der Waals surface area contributed by atoms with Crippen LogP contribution in [0.1, 0.15) is 16.8 Å². The lowest BCUT2D eigenvalue weighted by atomic mass is 10.1. The van der Waals surface area contributed by atoms with Gasteiger partial charge < -0.3 is 4.90 Å². The van der Waals surface area contributed by atoms with Crippen LogP contribution < -0.4 is 4.90 Å². The number of hydrogen-bond donors (Lipinski definition) is 1. The second-order valence-electron chi connectivity index (χ2n) is 8.29. The molecule has 0 atom stereocenters. The third kappa shape index (κ3) is 5.26. The lowest BCUT2D eigenvalue weighted by molar-refractivity contribution is 0.249. The molecule has 3 heterocycles. The molecule has 5 rings (SSSR count). The van der Waals surface area contributed by atoms with E-state index in [1.54, 1.807) is 30.5 Å². The van der Waals surface area contributed by atoms with Gasteiger partial charge in [0, 0.05) is 62.2 Å². The topological polar surface area (TPSA) is 48.1 Å². The van der Waals surface area contributed by atoms with E-state index in [9.17, 15) is 8.78 Å². The first-order chi connectivity index (χ1) is 16.2. The summed E-state index contributed by atoms with van der Waals surface area (Å²) < 4.78 is 27.6. The van der Waals surface area contributed by atoms with E-state index in [0.29, 0.717) is 17.7 Å². The minimum Gasteiger partial charge on any atom is -0.367 e. The number of hydrogen-bond acceptors (Lipinski definition) is 4. The number of rotatable bonds is 6. The Morgan fingerprint density at radius 3 is 2.41 bits per heavy atom. The summed E-state index contributed by atoms with van der Waals surface area (Å²) in [6.45, 7) is 4.23. The molecule has 1 saturated heterocycles. The van der Waals surface area contributed by atoms with E-state index in [0.717, 1.165) is 55.2 Å². The first-order valence-electron chi connectivity index (χ1n) is 11.1.